The van der Waals surface area contributed by atoms with Crippen LogP contribution in [-0.4, -0.2) is 22.9 Å². The Morgan fingerprint density at radius 3 is 2.67 bits per heavy atom. The van der Waals surface area contributed by atoms with Gasteiger partial charge in [-0.25, -0.2) is 4.79 Å². The van der Waals surface area contributed by atoms with Gasteiger partial charge in [-0.15, -0.1) is 0 Å². The van der Waals surface area contributed by atoms with E-state index < -0.39 is 0 Å². The number of rotatable bonds is 3. The van der Waals surface area contributed by atoms with Crippen molar-refractivity contribution in [3.05, 3.63) is 65.4 Å². The first-order valence-electron chi connectivity index (χ1n) is 6.78. The third-order valence-corrected chi connectivity index (χ3v) is 3.53. The van der Waals surface area contributed by atoms with Crippen LogP contribution in [-0.2, 0) is 11.3 Å². The topological polar surface area (TPSA) is 44.1 Å². The largest absolute Gasteiger partial charge is 0.465 e. The van der Waals surface area contributed by atoms with Gasteiger partial charge >= 0.3 is 5.97 Å². The van der Waals surface area contributed by atoms with E-state index in [4.69, 9.17) is 4.74 Å². The van der Waals surface area contributed by atoms with Gasteiger partial charge in [0.1, 0.15) is 0 Å². The van der Waals surface area contributed by atoms with Crippen molar-refractivity contribution in [2.24, 2.45) is 0 Å². The van der Waals surface area contributed by atoms with E-state index in [0.717, 1.165) is 16.6 Å². The molecule has 0 saturated heterocycles. The minimum atomic E-state index is -0.327. The Labute approximate surface area is 123 Å². The fourth-order valence-electron chi connectivity index (χ4n) is 2.46. The predicted octanol–water partition coefficient (Wildman–Crippen LogP) is 3.18. The fraction of sp³-hybridized carbons (Fsp3) is 0.176. The normalized spacial score (nSPS) is 10.8. The average Bonchev–Trinajstić information content (AvgIpc) is 2.83. The standard InChI is InChI=1S/C17H16N2O2/c1-12-15-10-14(17(20)21-2)8-9-16(15)19(18-12)11-13-6-4-3-5-7-13/h3-10H,11H2,1-2H3. The van der Waals surface area contributed by atoms with Crippen LogP contribution in [0.3, 0.4) is 0 Å². The first-order valence-corrected chi connectivity index (χ1v) is 6.78. The van der Waals surface area contributed by atoms with Gasteiger partial charge in [-0.2, -0.15) is 5.10 Å². The summed E-state index contributed by atoms with van der Waals surface area (Å²) in [5, 5.41) is 5.56. The third-order valence-electron chi connectivity index (χ3n) is 3.53. The summed E-state index contributed by atoms with van der Waals surface area (Å²) < 4.78 is 6.72. The lowest BCUT2D eigenvalue weighted by Gasteiger charge is -2.04. The summed E-state index contributed by atoms with van der Waals surface area (Å²) in [6, 6.07) is 15.7. The second-order valence-electron chi connectivity index (χ2n) is 4.95. The molecule has 1 heterocycles. The van der Waals surface area contributed by atoms with Gasteiger partial charge < -0.3 is 4.74 Å². The van der Waals surface area contributed by atoms with Crippen LogP contribution >= 0.6 is 0 Å². The summed E-state index contributed by atoms with van der Waals surface area (Å²) in [6.07, 6.45) is 0. The zero-order valence-electron chi connectivity index (χ0n) is 12.0. The van der Waals surface area contributed by atoms with E-state index in [1.807, 2.05) is 41.9 Å². The van der Waals surface area contributed by atoms with Crippen LogP contribution in [0.15, 0.2) is 48.5 Å². The van der Waals surface area contributed by atoms with E-state index >= 15 is 0 Å². The lowest BCUT2D eigenvalue weighted by atomic mass is 10.1. The molecule has 1 aromatic heterocycles. The molecule has 106 valence electrons. The smallest absolute Gasteiger partial charge is 0.337 e. The number of aromatic nitrogens is 2. The molecular formula is C17H16N2O2. The highest BCUT2D eigenvalue weighted by Crippen LogP contribution is 2.21. The highest BCUT2D eigenvalue weighted by molar-refractivity contribution is 5.95. The maximum absolute atomic E-state index is 11.6. The Hall–Kier alpha value is -2.62. The molecule has 0 fully saturated rings. The first kappa shape index (κ1) is 13.4. The molecule has 4 heteroatoms. The molecule has 0 saturated carbocycles. The number of methoxy groups -OCH3 is 1. The number of fused-ring (bicyclic) bond motifs is 1. The molecule has 0 amide bonds. The van der Waals surface area contributed by atoms with E-state index in [9.17, 15) is 4.79 Å². The summed E-state index contributed by atoms with van der Waals surface area (Å²) in [5.74, 6) is -0.327. The summed E-state index contributed by atoms with van der Waals surface area (Å²) >= 11 is 0. The molecule has 4 nitrogen and oxygen atoms in total. The highest BCUT2D eigenvalue weighted by atomic mass is 16.5. The maximum atomic E-state index is 11.6. The molecule has 2 aromatic carbocycles. The number of benzene rings is 2. The number of nitrogens with zero attached hydrogens (tertiary/aromatic N) is 2. The van der Waals surface area contributed by atoms with Crippen LogP contribution < -0.4 is 0 Å². The minimum absolute atomic E-state index is 0.327. The van der Waals surface area contributed by atoms with Crippen LogP contribution in [0.5, 0.6) is 0 Å². The lowest BCUT2D eigenvalue weighted by molar-refractivity contribution is 0.0601. The zero-order chi connectivity index (χ0) is 14.8. The number of hydrogen-bond acceptors (Lipinski definition) is 3. The Morgan fingerprint density at radius 2 is 1.95 bits per heavy atom. The van der Waals surface area contributed by atoms with Gasteiger partial charge in [0.25, 0.3) is 0 Å². The highest BCUT2D eigenvalue weighted by Gasteiger charge is 2.12. The van der Waals surface area contributed by atoms with E-state index in [2.05, 4.69) is 17.2 Å². The molecule has 0 atom stereocenters. The number of carbonyl (C=O) groups excluding carboxylic acids is 1. The monoisotopic (exact) mass is 280 g/mol. The van der Waals surface area contributed by atoms with Crippen LogP contribution in [0.4, 0.5) is 0 Å². The Balaban J connectivity index is 2.03. The third kappa shape index (κ3) is 2.52. The van der Waals surface area contributed by atoms with E-state index in [1.54, 1.807) is 6.07 Å². The molecule has 0 aliphatic carbocycles. The van der Waals surface area contributed by atoms with Crippen LogP contribution in [0.1, 0.15) is 21.6 Å². The number of aryl methyl sites for hydroxylation is 1. The Kier molecular flexibility index (Phi) is 3.44. The van der Waals surface area contributed by atoms with Crippen molar-refractivity contribution in [2.45, 2.75) is 13.5 Å². The lowest BCUT2D eigenvalue weighted by Crippen LogP contribution is -2.02. The average molecular weight is 280 g/mol. The summed E-state index contributed by atoms with van der Waals surface area (Å²) in [6.45, 7) is 2.66. The van der Waals surface area contributed by atoms with Gasteiger partial charge in [-0.05, 0) is 30.7 Å². The van der Waals surface area contributed by atoms with Crippen molar-refractivity contribution < 1.29 is 9.53 Å². The van der Waals surface area contributed by atoms with Crippen LogP contribution in [0, 0.1) is 6.92 Å². The minimum Gasteiger partial charge on any atom is -0.465 e. The van der Waals surface area contributed by atoms with Gasteiger partial charge in [0.05, 0.1) is 30.4 Å². The van der Waals surface area contributed by atoms with Crippen molar-refractivity contribution in [3.8, 4) is 0 Å². The first-order chi connectivity index (χ1) is 10.2. The number of hydrogen-bond donors (Lipinski definition) is 0. The maximum Gasteiger partial charge on any atom is 0.337 e. The Morgan fingerprint density at radius 1 is 1.19 bits per heavy atom. The number of carbonyl (C=O) groups is 1. The van der Waals surface area contributed by atoms with Crippen molar-refractivity contribution >= 4 is 16.9 Å². The second-order valence-corrected chi connectivity index (χ2v) is 4.95. The van der Waals surface area contributed by atoms with Crippen LogP contribution in [0.2, 0.25) is 0 Å². The summed E-state index contributed by atoms with van der Waals surface area (Å²) in [7, 11) is 1.39. The van der Waals surface area contributed by atoms with Crippen molar-refractivity contribution in [1.29, 1.82) is 0 Å². The van der Waals surface area contributed by atoms with E-state index in [-0.39, 0.29) is 5.97 Å². The molecule has 0 unspecified atom stereocenters. The molecule has 3 aromatic rings. The van der Waals surface area contributed by atoms with E-state index in [1.165, 1.54) is 12.7 Å². The quantitative estimate of drug-likeness (QED) is 0.692. The molecule has 0 bridgehead atoms. The fourth-order valence-corrected chi connectivity index (χ4v) is 2.46. The van der Waals surface area contributed by atoms with E-state index in [0.29, 0.717) is 12.1 Å². The molecule has 0 aliphatic rings. The van der Waals surface area contributed by atoms with Gasteiger partial charge in [0.15, 0.2) is 0 Å². The summed E-state index contributed by atoms with van der Waals surface area (Å²) in [5.41, 5.74) is 3.67. The molecule has 0 spiro atoms. The van der Waals surface area contributed by atoms with Crippen molar-refractivity contribution in [3.63, 3.8) is 0 Å². The number of ether oxygens (including phenoxy) is 1. The molecule has 0 radical (unpaired) electrons. The zero-order valence-corrected chi connectivity index (χ0v) is 12.0. The van der Waals surface area contributed by atoms with Crippen molar-refractivity contribution in [2.75, 3.05) is 7.11 Å². The number of esters is 1. The summed E-state index contributed by atoms with van der Waals surface area (Å²) in [4.78, 5) is 11.6. The SMILES string of the molecule is COC(=O)c1ccc2c(c1)c(C)nn2Cc1ccccc1. The molecule has 0 aliphatic heterocycles. The van der Waals surface area contributed by atoms with Crippen LogP contribution in [0.25, 0.3) is 10.9 Å². The van der Waals surface area contributed by atoms with Gasteiger partial charge in [-0.1, -0.05) is 30.3 Å². The predicted molar refractivity (Wildman–Crippen MR) is 81.4 cm³/mol. The molecule has 0 N–H and O–H groups in total. The molecule has 21 heavy (non-hydrogen) atoms. The van der Waals surface area contributed by atoms with Crippen molar-refractivity contribution in [1.82, 2.24) is 9.78 Å². The molecular weight excluding hydrogens is 264 g/mol. The molecule has 3 rings (SSSR count). The van der Waals surface area contributed by atoms with Gasteiger partial charge in [0, 0.05) is 5.39 Å². The van der Waals surface area contributed by atoms with Gasteiger partial charge in [0.2, 0.25) is 0 Å². The Bertz CT molecular complexity index is 791. The van der Waals surface area contributed by atoms with Gasteiger partial charge in [-0.3, -0.25) is 4.68 Å². The second kappa shape index (κ2) is 5.40.